The third kappa shape index (κ3) is 5.21. The number of carbonyl (C=O) groups is 2. The molecule has 0 radical (unpaired) electrons. The molecule has 0 saturated heterocycles. The third-order valence-electron chi connectivity index (χ3n) is 6.94. The fraction of sp³-hybridized carbons (Fsp3) is 0.333. The number of carbonyl (C=O) groups excluding carboxylic acids is 2. The van der Waals surface area contributed by atoms with Crippen LogP contribution in [0, 0.1) is 13.8 Å². The van der Waals surface area contributed by atoms with Gasteiger partial charge in [0, 0.05) is 39.6 Å². The van der Waals surface area contributed by atoms with Crippen LogP contribution in [0.15, 0.2) is 71.8 Å². The zero-order chi connectivity index (χ0) is 27.4. The first-order chi connectivity index (χ1) is 18.3. The highest BCUT2D eigenvalue weighted by Crippen LogP contribution is 2.38. The topological polar surface area (TPSA) is 77.5 Å². The van der Waals surface area contributed by atoms with Gasteiger partial charge in [0.25, 0.3) is 11.8 Å². The van der Waals surface area contributed by atoms with E-state index in [-0.39, 0.29) is 24.9 Å². The van der Waals surface area contributed by atoms with Gasteiger partial charge in [-0.05, 0) is 37.1 Å². The minimum absolute atomic E-state index is 0.171. The van der Waals surface area contributed by atoms with E-state index in [1.54, 1.807) is 22.0 Å². The Morgan fingerprint density at radius 1 is 0.605 bits per heavy atom. The van der Waals surface area contributed by atoms with Crippen molar-refractivity contribution in [2.24, 2.45) is 0 Å². The Morgan fingerprint density at radius 2 is 0.947 bits per heavy atom. The van der Waals surface area contributed by atoms with Crippen LogP contribution in [-0.4, -0.2) is 75.7 Å². The lowest BCUT2D eigenvalue weighted by Crippen LogP contribution is -2.37. The zero-order valence-electron chi connectivity index (χ0n) is 22.7. The molecule has 8 heteroatoms. The summed E-state index contributed by atoms with van der Waals surface area (Å²) in [6, 6.07) is 15.6. The Hall–Kier alpha value is -3.56. The summed E-state index contributed by atoms with van der Waals surface area (Å²) in [7, 11) is 6.12. The molecular formula is C30H34N2O6. The minimum atomic E-state index is -0.631. The number of hydrogen-bond acceptors (Lipinski definition) is 6. The molecule has 0 atom stereocenters. The molecule has 0 aliphatic carbocycles. The number of nitrogens with zero attached hydrogens (tertiary/aromatic N) is 2. The molecule has 200 valence electrons. The highest BCUT2D eigenvalue weighted by Gasteiger charge is 2.39. The zero-order valence-corrected chi connectivity index (χ0v) is 22.7. The standard InChI is InChI=1S/C30H34N2O6/c1-19-11-7-9-13-21(19)25-15-23(29(33)31(25)17-27(35-3)36-4)24-16-26(22-14-10-8-12-20(22)2)32(30(24)34)18-28(37-5)38-6/h7-16,27-28H,17-18H2,1-6H3/b24-23+. The summed E-state index contributed by atoms with van der Waals surface area (Å²) in [6.45, 7) is 4.32. The molecule has 2 aliphatic heterocycles. The van der Waals surface area contributed by atoms with Crippen molar-refractivity contribution in [1.82, 2.24) is 9.80 Å². The fourth-order valence-electron chi connectivity index (χ4n) is 4.77. The first-order valence-electron chi connectivity index (χ1n) is 12.4. The second-order valence-electron chi connectivity index (χ2n) is 9.15. The average Bonchev–Trinajstić information content (AvgIpc) is 3.41. The molecule has 0 N–H and O–H groups in total. The van der Waals surface area contributed by atoms with Crippen molar-refractivity contribution in [2.75, 3.05) is 41.5 Å². The van der Waals surface area contributed by atoms with Crippen LogP contribution in [0.5, 0.6) is 0 Å². The van der Waals surface area contributed by atoms with Crippen LogP contribution in [0.3, 0.4) is 0 Å². The van der Waals surface area contributed by atoms with Crippen molar-refractivity contribution in [1.29, 1.82) is 0 Å². The maximum Gasteiger partial charge on any atom is 0.259 e. The van der Waals surface area contributed by atoms with Gasteiger partial charge < -0.3 is 28.7 Å². The van der Waals surface area contributed by atoms with E-state index in [4.69, 9.17) is 18.9 Å². The van der Waals surface area contributed by atoms with E-state index in [0.717, 1.165) is 22.3 Å². The van der Waals surface area contributed by atoms with Gasteiger partial charge in [-0.3, -0.25) is 9.59 Å². The largest absolute Gasteiger partial charge is 0.354 e. The summed E-state index contributed by atoms with van der Waals surface area (Å²) < 4.78 is 21.6. The number of benzene rings is 2. The average molecular weight is 519 g/mol. The second-order valence-corrected chi connectivity index (χ2v) is 9.15. The second kappa shape index (κ2) is 11.9. The predicted octanol–water partition coefficient (Wildman–Crippen LogP) is 3.90. The summed E-state index contributed by atoms with van der Waals surface area (Å²) >= 11 is 0. The van der Waals surface area contributed by atoms with Crippen LogP contribution in [0.2, 0.25) is 0 Å². The lowest BCUT2D eigenvalue weighted by atomic mass is 10.0. The fourth-order valence-corrected chi connectivity index (χ4v) is 4.77. The van der Waals surface area contributed by atoms with Crippen LogP contribution in [-0.2, 0) is 28.5 Å². The molecule has 0 bridgehead atoms. The third-order valence-corrected chi connectivity index (χ3v) is 6.94. The Balaban J connectivity index is 1.88. The summed E-state index contributed by atoms with van der Waals surface area (Å²) in [5.74, 6) is -0.578. The van der Waals surface area contributed by atoms with E-state index in [2.05, 4.69) is 0 Å². The molecule has 0 aromatic heterocycles. The van der Waals surface area contributed by atoms with Gasteiger partial charge in [-0.25, -0.2) is 0 Å². The number of aryl methyl sites for hydroxylation is 2. The number of ether oxygens (including phenoxy) is 4. The number of hydrogen-bond donors (Lipinski definition) is 0. The molecule has 2 aromatic carbocycles. The Morgan fingerprint density at radius 3 is 1.26 bits per heavy atom. The maximum atomic E-state index is 13.9. The van der Waals surface area contributed by atoms with Crippen LogP contribution in [0.4, 0.5) is 0 Å². The molecule has 0 unspecified atom stereocenters. The van der Waals surface area contributed by atoms with Crippen molar-refractivity contribution in [2.45, 2.75) is 26.4 Å². The van der Waals surface area contributed by atoms with Crippen molar-refractivity contribution in [3.8, 4) is 0 Å². The van der Waals surface area contributed by atoms with E-state index < -0.39 is 12.6 Å². The van der Waals surface area contributed by atoms with Crippen LogP contribution in [0.1, 0.15) is 22.3 Å². The van der Waals surface area contributed by atoms with Gasteiger partial charge in [-0.1, -0.05) is 48.5 Å². The smallest absolute Gasteiger partial charge is 0.259 e. The molecule has 38 heavy (non-hydrogen) atoms. The Labute approximate surface area is 223 Å². The summed E-state index contributed by atoms with van der Waals surface area (Å²) in [5.41, 5.74) is 5.83. The number of rotatable bonds is 10. The van der Waals surface area contributed by atoms with Crippen molar-refractivity contribution in [3.05, 3.63) is 94.1 Å². The molecule has 2 aliphatic rings. The molecule has 2 amide bonds. The van der Waals surface area contributed by atoms with Crippen LogP contribution >= 0.6 is 0 Å². The maximum absolute atomic E-state index is 13.9. The molecule has 8 nitrogen and oxygen atoms in total. The first kappa shape index (κ1) is 27.5. The SMILES string of the molecule is COC(CN1C(=O)/C(=C2\C=C(c3ccccc3C)N(CC(OC)OC)C2=O)C=C1c1ccccc1C)OC. The van der Waals surface area contributed by atoms with E-state index in [0.29, 0.717) is 22.5 Å². The molecule has 0 fully saturated rings. The van der Waals surface area contributed by atoms with Crippen LogP contribution < -0.4 is 0 Å². The molecule has 4 rings (SSSR count). The van der Waals surface area contributed by atoms with Gasteiger partial charge in [0.2, 0.25) is 0 Å². The van der Waals surface area contributed by atoms with E-state index in [9.17, 15) is 9.59 Å². The summed E-state index contributed by atoms with van der Waals surface area (Å²) in [6.07, 6.45) is 2.32. The quantitative estimate of drug-likeness (QED) is 0.351. The van der Waals surface area contributed by atoms with Gasteiger partial charge in [0.05, 0.1) is 35.6 Å². The van der Waals surface area contributed by atoms with Crippen LogP contribution in [0.25, 0.3) is 11.4 Å². The van der Waals surface area contributed by atoms with Gasteiger partial charge >= 0.3 is 0 Å². The van der Waals surface area contributed by atoms with Gasteiger partial charge in [-0.15, -0.1) is 0 Å². The van der Waals surface area contributed by atoms with E-state index in [1.165, 1.54) is 28.4 Å². The molecule has 0 spiro atoms. The Kier molecular flexibility index (Phi) is 8.58. The van der Waals surface area contributed by atoms with Crippen molar-refractivity contribution >= 4 is 23.2 Å². The molecule has 2 heterocycles. The van der Waals surface area contributed by atoms with E-state index in [1.807, 2.05) is 62.4 Å². The van der Waals surface area contributed by atoms with Gasteiger partial charge in [0.15, 0.2) is 12.6 Å². The monoisotopic (exact) mass is 518 g/mol. The predicted molar refractivity (Wildman–Crippen MR) is 144 cm³/mol. The molecule has 0 saturated carbocycles. The Bertz CT molecular complexity index is 1200. The highest BCUT2D eigenvalue weighted by molar-refractivity contribution is 6.18. The van der Waals surface area contributed by atoms with E-state index >= 15 is 0 Å². The number of amides is 2. The normalized spacial score (nSPS) is 17.8. The summed E-state index contributed by atoms with van der Waals surface area (Å²) in [5, 5.41) is 0. The van der Waals surface area contributed by atoms with Crippen molar-refractivity contribution < 1.29 is 28.5 Å². The van der Waals surface area contributed by atoms with Gasteiger partial charge in [-0.2, -0.15) is 0 Å². The molecule has 2 aromatic rings. The first-order valence-corrected chi connectivity index (χ1v) is 12.4. The highest BCUT2D eigenvalue weighted by atomic mass is 16.7. The lowest BCUT2D eigenvalue weighted by Gasteiger charge is -2.26. The van der Waals surface area contributed by atoms with Crippen molar-refractivity contribution in [3.63, 3.8) is 0 Å². The molecular weight excluding hydrogens is 484 g/mol. The lowest BCUT2D eigenvalue weighted by molar-refractivity contribution is -0.137. The minimum Gasteiger partial charge on any atom is -0.354 e. The summed E-state index contributed by atoms with van der Waals surface area (Å²) in [4.78, 5) is 31.0. The number of methoxy groups -OCH3 is 4. The van der Waals surface area contributed by atoms with Gasteiger partial charge in [0.1, 0.15) is 0 Å².